The van der Waals surface area contributed by atoms with Gasteiger partial charge in [-0.2, -0.15) is 9.57 Å². The summed E-state index contributed by atoms with van der Waals surface area (Å²) in [4.78, 5) is 27.6. The van der Waals surface area contributed by atoms with Crippen LogP contribution in [0.3, 0.4) is 0 Å². The number of carbonyl (C=O) groups excluding carboxylic acids is 1. The second-order valence-electron chi connectivity index (χ2n) is 9.32. The molecule has 0 spiro atoms. The number of amides is 1. The SMILES string of the molecule is Cc1cc(C#N)nc(N2CCN(S(=O)(=O)c3ccc(NC(=O)c4cc(CN)ccc4N(C)S(C)(=O)=O)nc3)CC2)n1. The molecule has 41 heavy (non-hydrogen) atoms. The number of aryl methyl sites for hydroxylation is 1. The van der Waals surface area contributed by atoms with Gasteiger partial charge in [-0.15, -0.1) is 0 Å². The number of hydrogen-bond acceptors (Lipinski definition) is 11. The zero-order valence-electron chi connectivity index (χ0n) is 22.6. The second-order valence-corrected chi connectivity index (χ2v) is 13.3. The van der Waals surface area contributed by atoms with E-state index in [-0.39, 0.29) is 47.3 Å². The Morgan fingerprint density at radius 1 is 1.10 bits per heavy atom. The molecular formula is C25H29N9O5S2. The second kappa shape index (κ2) is 11.7. The first-order valence-electron chi connectivity index (χ1n) is 12.4. The lowest BCUT2D eigenvalue weighted by atomic mass is 10.1. The molecule has 3 aromatic rings. The van der Waals surface area contributed by atoms with Gasteiger partial charge in [-0.05, 0) is 42.8 Å². The number of nitrogens with zero attached hydrogens (tertiary/aromatic N) is 7. The molecule has 3 N–H and O–H groups in total. The Kier molecular flexibility index (Phi) is 8.54. The van der Waals surface area contributed by atoms with Crippen LogP contribution in [0.5, 0.6) is 0 Å². The van der Waals surface area contributed by atoms with Crippen LogP contribution in [-0.2, 0) is 26.6 Å². The van der Waals surface area contributed by atoms with Crippen molar-refractivity contribution in [2.24, 2.45) is 5.73 Å². The maximum absolute atomic E-state index is 13.3. The predicted octanol–water partition coefficient (Wildman–Crippen LogP) is 0.669. The van der Waals surface area contributed by atoms with Gasteiger partial charge < -0.3 is 16.0 Å². The van der Waals surface area contributed by atoms with Crippen molar-refractivity contribution >= 4 is 43.4 Å². The van der Waals surface area contributed by atoms with Crippen molar-refractivity contribution in [3.63, 3.8) is 0 Å². The quantitative estimate of drug-likeness (QED) is 0.369. The average molecular weight is 600 g/mol. The molecule has 0 radical (unpaired) electrons. The molecule has 1 aliphatic rings. The van der Waals surface area contributed by atoms with Crippen LogP contribution in [0.4, 0.5) is 17.5 Å². The molecule has 1 aromatic carbocycles. The largest absolute Gasteiger partial charge is 0.338 e. The van der Waals surface area contributed by atoms with Gasteiger partial charge in [0.2, 0.25) is 26.0 Å². The molecule has 1 saturated heterocycles. The molecule has 4 rings (SSSR count). The number of rotatable bonds is 8. The van der Waals surface area contributed by atoms with E-state index in [0.29, 0.717) is 30.3 Å². The van der Waals surface area contributed by atoms with E-state index in [1.165, 1.54) is 35.6 Å². The highest BCUT2D eigenvalue weighted by atomic mass is 32.2. The Labute approximate surface area is 238 Å². The van der Waals surface area contributed by atoms with Crippen LogP contribution in [-0.4, -0.2) is 81.5 Å². The highest BCUT2D eigenvalue weighted by Gasteiger charge is 2.30. The summed E-state index contributed by atoms with van der Waals surface area (Å²) < 4.78 is 53.0. The van der Waals surface area contributed by atoms with E-state index in [0.717, 1.165) is 16.8 Å². The number of anilines is 3. The number of benzene rings is 1. The predicted molar refractivity (Wildman–Crippen MR) is 152 cm³/mol. The van der Waals surface area contributed by atoms with Crippen molar-refractivity contribution in [2.45, 2.75) is 18.4 Å². The van der Waals surface area contributed by atoms with Crippen LogP contribution >= 0.6 is 0 Å². The molecule has 0 bridgehead atoms. The number of nitriles is 1. The van der Waals surface area contributed by atoms with Crippen molar-refractivity contribution < 1.29 is 21.6 Å². The van der Waals surface area contributed by atoms with E-state index in [1.54, 1.807) is 19.1 Å². The maximum atomic E-state index is 13.3. The van der Waals surface area contributed by atoms with E-state index in [9.17, 15) is 21.6 Å². The van der Waals surface area contributed by atoms with Gasteiger partial charge in [0.05, 0.1) is 17.5 Å². The minimum atomic E-state index is -3.88. The summed E-state index contributed by atoms with van der Waals surface area (Å²) in [6.07, 6.45) is 2.17. The van der Waals surface area contributed by atoms with E-state index in [4.69, 9.17) is 11.0 Å². The van der Waals surface area contributed by atoms with Gasteiger partial charge in [0.1, 0.15) is 22.5 Å². The van der Waals surface area contributed by atoms with Crippen LogP contribution < -0.4 is 20.3 Å². The lowest BCUT2D eigenvalue weighted by molar-refractivity contribution is 0.102. The average Bonchev–Trinajstić information content (AvgIpc) is 2.96. The summed E-state index contributed by atoms with van der Waals surface area (Å²) in [5.74, 6) is -0.180. The van der Waals surface area contributed by atoms with Crippen molar-refractivity contribution in [2.75, 3.05) is 54.0 Å². The lowest BCUT2D eigenvalue weighted by Crippen LogP contribution is -2.49. The molecular weight excluding hydrogens is 570 g/mol. The first-order valence-corrected chi connectivity index (χ1v) is 15.7. The Hall–Kier alpha value is -4.17. The Morgan fingerprint density at radius 3 is 2.39 bits per heavy atom. The van der Waals surface area contributed by atoms with Gasteiger partial charge in [0, 0.05) is 51.7 Å². The first-order chi connectivity index (χ1) is 19.3. The minimum absolute atomic E-state index is 0.0508. The molecule has 1 amide bonds. The molecule has 0 atom stereocenters. The molecule has 0 saturated carbocycles. The standard InChI is InChI=1S/C25H29N9O5S2/c1-17-12-19(15-27)30-25(29-17)33-8-10-34(11-9-33)41(38,39)20-5-7-23(28-16-20)31-24(35)21-13-18(14-26)4-6-22(21)32(2)40(3,36)37/h4-7,12-13,16H,8-11,14,26H2,1-3H3,(H,28,31,35). The van der Waals surface area contributed by atoms with Gasteiger partial charge in [-0.25, -0.2) is 31.8 Å². The van der Waals surface area contributed by atoms with Crippen molar-refractivity contribution in [1.29, 1.82) is 5.26 Å². The minimum Gasteiger partial charge on any atom is -0.338 e. The molecule has 1 fully saturated rings. The van der Waals surface area contributed by atoms with Crippen LogP contribution in [0.25, 0.3) is 0 Å². The van der Waals surface area contributed by atoms with Crippen LogP contribution in [0, 0.1) is 18.3 Å². The third-order valence-corrected chi connectivity index (χ3v) is 9.55. The van der Waals surface area contributed by atoms with Gasteiger partial charge in [-0.1, -0.05) is 6.07 Å². The smallest absolute Gasteiger partial charge is 0.258 e. The van der Waals surface area contributed by atoms with Crippen molar-refractivity contribution in [3.05, 3.63) is 65.1 Å². The third kappa shape index (κ3) is 6.60. The molecule has 1 aliphatic heterocycles. The molecule has 0 unspecified atom stereocenters. The zero-order valence-corrected chi connectivity index (χ0v) is 24.3. The van der Waals surface area contributed by atoms with E-state index in [2.05, 4.69) is 20.3 Å². The first kappa shape index (κ1) is 29.8. The zero-order chi connectivity index (χ0) is 29.9. The Bertz CT molecular complexity index is 1720. The van der Waals surface area contributed by atoms with Gasteiger partial charge >= 0.3 is 0 Å². The van der Waals surface area contributed by atoms with Crippen LogP contribution in [0.15, 0.2) is 47.5 Å². The van der Waals surface area contributed by atoms with Crippen LogP contribution in [0.1, 0.15) is 27.3 Å². The fraction of sp³-hybridized carbons (Fsp3) is 0.320. The number of nitrogens with one attached hydrogen (secondary N) is 1. The fourth-order valence-corrected chi connectivity index (χ4v) is 6.05. The van der Waals surface area contributed by atoms with Crippen LogP contribution in [0.2, 0.25) is 0 Å². The fourth-order valence-electron chi connectivity index (χ4n) is 4.16. The summed E-state index contributed by atoms with van der Waals surface area (Å²) in [7, 11) is -6.20. The van der Waals surface area contributed by atoms with Gasteiger partial charge in [-0.3, -0.25) is 9.10 Å². The summed E-state index contributed by atoms with van der Waals surface area (Å²) in [6, 6.07) is 10.9. The number of nitrogens with two attached hydrogens (primary N) is 1. The summed E-state index contributed by atoms with van der Waals surface area (Å²) in [6.45, 7) is 2.92. The van der Waals surface area contributed by atoms with E-state index in [1.807, 2.05) is 11.0 Å². The van der Waals surface area contributed by atoms with E-state index >= 15 is 0 Å². The number of pyridine rings is 1. The van der Waals surface area contributed by atoms with E-state index < -0.39 is 26.0 Å². The number of aromatic nitrogens is 3. The Balaban J connectivity index is 1.47. The number of piperazine rings is 1. The monoisotopic (exact) mass is 599 g/mol. The van der Waals surface area contributed by atoms with Gasteiger partial charge in [0.15, 0.2) is 0 Å². The summed E-state index contributed by atoms with van der Waals surface area (Å²) in [5.41, 5.74) is 7.43. The molecule has 16 heteroatoms. The van der Waals surface area contributed by atoms with Crippen molar-refractivity contribution in [1.82, 2.24) is 19.3 Å². The number of sulfonamides is 2. The topological polar surface area (TPSA) is 196 Å². The number of carbonyl (C=O) groups is 1. The summed E-state index contributed by atoms with van der Waals surface area (Å²) >= 11 is 0. The molecule has 216 valence electrons. The maximum Gasteiger partial charge on any atom is 0.258 e. The highest BCUT2D eigenvalue weighted by Crippen LogP contribution is 2.25. The highest BCUT2D eigenvalue weighted by molar-refractivity contribution is 7.92. The molecule has 3 heterocycles. The third-order valence-electron chi connectivity index (χ3n) is 6.47. The Morgan fingerprint density at radius 2 is 1.80 bits per heavy atom. The lowest BCUT2D eigenvalue weighted by Gasteiger charge is -2.34. The van der Waals surface area contributed by atoms with Gasteiger partial charge in [0.25, 0.3) is 5.91 Å². The molecule has 14 nitrogen and oxygen atoms in total. The molecule has 2 aromatic heterocycles. The summed E-state index contributed by atoms with van der Waals surface area (Å²) in [5, 5.41) is 11.8. The molecule has 0 aliphatic carbocycles. The van der Waals surface area contributed by atoms with Crippen molar-refractivity contribution in [3.8, 4) is 6.07 Å². The normalized spacial score (nSPS) is 14.4. The number of hydrogen-bond donors (Lipinski definition) is 2.